The molecule has 0 fully saturated rings. The van der Waals surface area contributed by atoms with Crippen molar-refractivity contribution in [2.75, 3.05) is 20.3 Å². The van der Waals surface area contributed by atoms with E-state index < -0.39 is 18.4 Å². The van der Waals surface area contributed by atoms with Gasteiger partial charge in [-0.25, -0.2) is 9.78 Å². The summed E-state index contributed by atoms with van der Waals surface area (Å²) in [7, 11) is 1.59. The molecule has 8 nitrogen and oxygen atoms in total. The lowest BCUT2D eigenvalue weighted by atomic mass is 9.83. The molecule has 160 valence electrons. The number of aromatic nitrogens is 2. The van der Waals surface area contributed by atoms with Crippen LogP contribution in [0, 0.1) is 0 Å². The predicted octanol–water partition coefficient (Wildman–Crippen LogP) is 2.28. The molecule has 0 saturated carbocycles. The molecule has 1 aliphatic carbocycles. The van der Waals surface area contributed by atoms with E-state index in [1.54, 1.807) is 39.0 Å². The summed E-state index contributed by atoms with van der Waals surface area (Å²) in [6.07, 6.45) is 3.00. The van der Waals surface area contributed by atoms with Crippen molar-refractivity contribution in [3.63, 3.8) is 0 Å². The molecule has 8 heteroatoms. The highest BCUT2D eigenvalue weighted by atomic mass is 16.5. The first kappa shape index (κ1) is 21.7. The molecule has 3 N–H and O–H groups in total. The number of nitrogens with one attached hydrogen (secondary N) is 1. The summed E-state index contributed by atoms with van der Waals surface area (Å²) in [4.78, 5) is 22.0. The molecule has 2 aromatic heterocycles. The Hall–Kier alpha value is -2.00. The number of H-pyrrole nitrogens is 1. The van der Waals surface area contributed by atoms with E-state index in [0.29, 0.717) is 12.1 Å². The Labute approximate surface area is 170 Å². The molecular formula is C21H31N3O5. The van der Waals surface area contributed by atoms with E-state index >= 15 is 0 Å². The van der Waals surface area contributed by atoms with Gasteiger partial charge < -0.3 is 24.7 Å². The van der Waals surface area contributed by atoms with Gasteiger partial charge in [0.2, 0.25) is 0 Å². The second-order valence-electron chi connectivity index (χ2n) is 7.59. The molecule has 0 spiro atoms. The molecule has 0 aromatic carbocycles. The third kappa shape index (κ3) is 4.30. The average Bonchev–Trinajstić information content (AvgIpc) is 3.05. The van der Waals surface area contributed by atoms with E-state index in [0.717, 1.165) is 41.4 Å². The number of hydrogen-bond donors (Lipinski definition) is 3. The molecule has 3 unspecified atom stereocenters. The Balaban J connectivity index is 2.14. The van der Waals surface area contributed by atoms with Crippen molar-refractivity contribution in [3.05, 3.63) is 28.7 Å². The fraction of sp³-hybridized carbons (Fsp3) is 0.619. The van der Waals surface area contributed by atoms with Crippen LogP contribution in [-0.2, 0) is 22.5 Å². The number of methoxy groups -OCH3 is 1. The lowest BCUT2D eigenvalue weighted by Gasteiger charge is -2.34. The Kier molecular flexibility index (Phi) is 6.89. The van der Waals surface area contributed by atoms with Crippen molar-refractivity contribution in [2.24, 2.45) is 0 Å². The number of aryl methyl sites for hydroxylation is 1. The molecule has 0 saturated heterocycles. The number of ether oxygens (including phenoxy) is 2. The van der Waals surface area contributed by atoms with Gasteiger partial charge in [0.25, 0.3) is 0 Å². The van der Waals surface area contributed by atoms with Gasteiger partial charge in [-0.1, -0.05) is 0 Å². The Morgan fingerprint density at radius 2 is 2.10 bits per heavy atom. The quantitative estimate of drug-likeness (QED) is 0.457. The molecule has 0 radical (unpaired) electrons. The Bertz CT molecular complexity index is 854. The van der Waals surface area contributed by atoms with Crippen molar-refractivity contribution >= 4 is 16.9 Å². The van der Waals surface area contributed by atoms with Crippen molar-refractivity contribution in [1.29, 1.82) is 0 Å². The van der Waals surface area contributed by atoms with Crippen LogP contribution in [0.2, 0.25) is 0 Å². The number of carbonyl (C=O) groups excluding carboxylic acids is 1. The first-order valence-corrected chi connectivity index (χ1v) is 10.2. The van der Waals surface area contributed by atoms with E-state index in [4.69, 9.17) is 9.47 Å². The van der Waals surface area contributed by atoms with Gasteiger partial charge in [0.05, 0.1) is 24.9 Å². The molecule has 0 aliphatic heterocycles. The van der Waals surface area contributed by atoms with Crippen LogP contribution in [-0.4, -0.2) is 63.8 Å². The number of aromatic amines is 1. The van der Waals surface area contributed by atoms with E-state index in [2.05, 4.69) is 9.97 Å². The second-order valence-corrected chi connectivity index (χ2v) is 7.59. The average molecular weight is 405 g/mol. The number of rotatable bonds is 8. The van der Waals surface area contributed by atoms with Crippen LogP contribution in [0.3, 0.4) is 0 Å². The SMILES string of the molecule is CCOC(=O)c1ncc2[nH]c3c(c2c1COC)C(CN(C(C)O)C(C)O)CCC3. The maximum Gasteiger partial charge on any atom is 0.357 e. The van der Waals surface area contributed by atoms with Gasteiger partial charge >= 0.3 is 5.97 Å². The number of aliphatic hydroxyl groups excluding tert-OH is 2. The van der Waals surface area contributed by atoms with Crippen molar-refractivity contribution < 1.29 is 24.5 Å². The normalized spacial score (nSPS) is 18.7. The zero-order chi connectivity index (χ0) is 21.1. The molecule has 2 heterocycles. The molecule has 3 atom stereocenters. The summed E-state index contributed by atoms with van der Waals surface area (Å²) in [5.74, 6) is -0.358. The topological polar surface area (TPSA) is 108 Å². The highest BCUT2D eigenvalue weighted by Crippen LogP contribution is 2.40. The molecule has 3 rings (SSSR count). The highest BCUT2D eigenvalue weighted by Gasteiger charge is 2.31. The van der Waals surface area contributed by atoms with Crippen molar-refractivity contribution in [1.82, 2.24) is 14.9 Å². The van der Waals surface area contributed by atoms with E-state index in [9.17, 15) is 15.0 Å². The molecule has 29 heavy (non-hydrogen) atoms. The zero-order valence-corrected chi connectivity index (χ0v) is 17.6. The minimum absolute atomic E-state index is 0.102. The van der Waals surface area contributed by atoms with E-state index in [-0.39, 0.29) is 24.8 Å². The second kappa shape index (κ2) is 9.21. The van der Waals surface area contributed by atoms with Crippen LogP contribution < -0.4 is 0 Å². The highest BCUT2D eigenvalue weighted by molar-refractivity contribution is 5.97. The van der Waals surface area contributed by atoms with E-state index in [1.165, 1.54) is 0 Å². The minimum Gasteiger partial charge on any atom is -0.461 e. The van der Waals surface area contributed by atoms with E-state index in [1.807, 2.05) is 0 Å². The lowest BCUT2D eigenvalue weighted by molar-refractivity contribution is -0.0874. The summed E-state index contributed by atoms with van der Waals surface area (Å²) in [5.41, 5.74) is 4.09. The van der Waals surface area contributed by atoms with Crippen LogP contribution >= 0.6 is 0 Å². The number of hydrogen-bond acceptors (Lipinski definition) is 7. The van der Waals surface area contributed by atoms with Gasteiger partial charge in [-0.2, -0.15) is 0 Å². The number of fused-ring (bicyclic) bond motifs is 3. The summed E-state index contributed by atoms with van der Waals surface area (Å²) in [5, 5.41) is 21.2. The lowest BCUT2D eigenvalue weighted by Crippen LogP contribution is -2.43. The predicted molar refractivity (Wildman–Crippen MR) is 109 cm³/mol. The molecular weight excluding hydrogens is 374 g/mol. The van der Waals surface area contributed by atoms with Crippen LogP contribution in [0.4, 0.5) is 0 Å². The summed E-state index contributed by atoms with van der Waals surface area (Å²) < 4.78 is 10.6. The number of carbonyl (C=O) groups is 1. The molecule has 2 aromatic rings. The van der Waals surface area contributed by atoms with Crippen LogP contribution in [0.1, 0.15) is 66.8 Å². The first-order chi connectivity index (χ1) is 13.9. The van der Waals surface area contributed by atoms with Gasteiger partial charge in [-0.15, -0.1) is 0 Å². The Morgan fingerprint density at radius 3 is 2.72 bits per heavy atom. The molecule has 1 aliphatic rings. The third-order valence-electron chi connectivity index (χ3n) is 5.60. The van der Waals surface area contributed by atoms with Crippen molar-refractivity contribution in [3.8, 4) is 0 Å². The first-order valence-electron chi connectivity index (χ1n) is 10.2. The summed E-state index contributed by atoms with van der Waals surface area (Å²) >= 11 is 0. The number of aliphatic hydroxyl groups is 2. The minimum atomic E-state index is -0.763. The van der Waals surface area contributed by atoms with Crippen LogP contribution in [0.5, 0.6) is 0 Å². The van der Waals surface area contributed by atoms with Gasteiger partial charge in [-0.05, 0) is 51.5 Å². The van der Waals surface area contributed by atoms with Gasteiger partial charge in [0, 0.05) is 30.3 Å². The Morgan fingerprint density at radius 1 is 1.38 bits per heavy atom. The summed E-state index contributed by atoms with van der Waals surface area (Å²) in [6, 6.07) is 0. The fourth-order valence-corrected chi connectivity index (χ4v) is 4.37. The number of pyridine rings is 1. The maximum absolute atomic E-state index is 12.5. The summed E-state index contributed by atoms with van der Waals surface area (Å²) in [6.45, 7) is 6.11. The van der Waals surface area contributed by atoms with Crippen molar-refractivity contribution in [2.45, 2.75) is 65.0 Å². The smallest absolute Gasteiger partial charge is 0.357 e. The molecule has 0 bridgehead atoms. The number of esters is 1. The molecule has 0 amide bonds. The monoisotopic (exact) mass is 405 g/mol. The van der Waals surface area contributed by atoms with Gasteiger partial charge in [-0.3, -0.25) is 4.90 Å². The van der Waals surface area contributed by atoms with Gasteiger partial charge in [0.1, 0.15) is 12.5 Å². The van der Waals surface area contributed by atoms with Crippen LogP contribution in [0.25, 0.3) is 10.9 Å². The third-order valence-corrected chi connectivity index (χ3v) is 5.60. The van der Waals surface area contributed by atoms with Gasteiger partial charge in [0.15, 0.2) is 5.69 Å². The maximum atomic E-state index is 12.5. The number of nitrogens with zero attached hydrogens (tertiary/aromatic N) is 2. The standard InChI is InChI=1S/C21H31N3O5/c1-5-29-21(27)20-15(11-28-4)19-17(9-22-20)23-16-8-6-7-14(18(16)19)10-24(12(2)25)13(3)26/h9,12-14,23,25-26H,5-8,10-11H2,1-4H3. The largest absolute Gasteiger partial charge is 0.461 e. The van der Waals surface area contributed by atoms with Crippen LogP contribution in [0.15, 0.2) is 6.20 Å². The zero-order valence-electron chi connectivity index (χ0n) is 17.6. The fourth-order valence-electron chi connectivity index (χ4n) is 4.37.